The molecule has 4 nitrogen and oxygen atoms in total. The van der Waals surface area contributed by atoms with Crippen LogP contribution >= 0.6 is 39.3 Å². The predicted molar refractivity (Wildman–Crippen MR) is 69.9 cm³/mol. The predicted octanol–water partition coefficient (Wildman–Crippen LogP) is 3.50. The average Bonchev–Trinajstić information content (AvgIpc) is 2.33. The number of halogens is 3. The second-order valence-corrected chi connectivity index (χ2v) is 4.39. The number of hydrazine groups is 1. The Bertz CT molecular complexity index is 514. The van der Waals surface area contributed by atoms with Gasteiger partial charge in [-0.2, -0.15) is 15.1 Å². The zero-order valence-corrected chi connectivity index (χ0v) is 11.4. The summed E-state index contributed by atoms with van der Waals surface area (Å²) < 4.78 is 1.82. The molecular formula is C10H5BrCl2N4. The smallest absolute Gasteiger partial charge is 0.147 e. The highest BCUT2D eigenvalue weighted by Crippen LogP contribution is 2.27. The number of hydrogen-bond acceptors (Lipinski definition) is 4. The maximum Gasteiger partial charge on any atom is 0.147 e. The van der Waals surface area contributed by atoms with Crippen molar-refractivity contribution in [3.8, 4) is 12.1 Å². The van der Waals surface area contributed by atoms with Crippen molar-refractivity contribution in [1.82, 2.24) is 5.43 Å². The van der Waals surface area contributed by atoms with Crippen LogP contribution in [0.4, 0.5) is 5.69 Å². The second-order valence-electron chi connectivity index (χ2n) is 2.79. The Morgan fingerprint density at radius 1 is 1.41 bits per heavy atom. The highest BCUT2D eigenvalue weighted by Gasteiger charge is 2.04. The quantitative estimate of drug-likeness (QED) is 0.523. The summed E-state index contributed by atoms with van der Waals surface area (Å²) in [6, 6.07) is 8.43. The van der Waals surface area contributed by atoms with E-state index in [4.69, 9.17) is 33.9 Å². The molecule has 0 saturated carbocycles. The van der Waals surface area contributed by atoms with E-state index >= 15 is 0 Å². The van der Waals surface area contributed by atoms with Crippen LogP contribution < -0.4 is 9.95 Å². The standard InChI is InChI=1S/C10H5BrCl2N4/c11-9-3-8(1-2-10(9)12)17(13)16-6-7(4-14)5-15/h1-3,6,16H. The number of rotatable bonds is 3. The van der Waals surface area contributed by atoms with Crippen molar-refractivity contribution in [3.63, 3.8) is 0 Å². The summed E-state index contributed by atoms with van der Waals surface area (Å²) in [5.74, 6) is 0. The molecule has 1 N–H and O–H groups in total. The molecule has 0 aromatic heterocycles. The third-order valence-corrected chi connectivity index (χ3v) is 3.20. The second kappa shape index (κ2) is 6.36. The summed E-state index contributed by atoms with van der Waals surface area (Å²) in [6.45, 7) is 0. The molecule has 0 aliphatic carbocycles. The molecule has 1 aromatic rings. The van der Waals surface area contributed by atoms with Gasteiger partial charge >= 0.3 is 0 Å². The molecule has 86 valence electrons. The molecule has 0 spiro atoms. The highest BCUT2D eigenvalue weighted by atomic mass is 79.9. The third-order valence-electron chi connectivity index (χ3n) is 1.69. The summed E-state index contributed by atoms with van der Waals surface area (Å²) >= 11 is 15.0. The van der Waals surface area contributed by atoms with Crippen LogP contribution in [0, 0.1) is 22.7 Å². The van der Waals surface area contributed by atoms with E-state index in [1.807, 2.05) is 0 Å². The van der Waals surface area contributed by atoms with E-state index in [0.29, 0.717) is 15.2 Å². The van der Waals surface area contributed by atoms with Gasteiger partial charge in [0.25, 0.3) is 0 Å². The van der Waals surface area contributed by atoms with Gasteiger partial charge in [0, 0.05) is 22.4 Å². The Hall–Kier alpha value is -1.40. The fraction of sp³-hybridized carbons (Fsp3) is 0. The summed E-state index contributed by atoms with van der Waals surface area (Å²) in [5, 5.41) is 17.6. The zero-order valence-electron chi connectivity index (χ0n) is 8.28. The summed E-state index contributed by atoms with van der Waals surface area (Å²) in [4.78, 5) is 0. The van der Waals surface area contributed by atoms with Crippen molar-refractivity contribution in [2.75, 3.05) is 4.53 Å². The minimum absolute atomic E-state index is 0.0799. The lowest BCUT2D eigenvalue weighted by Crippen LogP contribution is -2.24. The molecule has 1 aromatic carbocycles. The van der Waals surface area contributed by atoms with Crippen LogP contribution in [0.25, 0.3) is 0 Å². The molecule has 0 radical (unpaired) electrons. The molecular weight excluding hydrogens is 327 g/mol. The van der Waals surface area contributed by atoms with Crippen LogP contribution in [0.1, 0.15) is 0 Å². The van der Waals surface area contributed by atoms with E-state index in [-0.39, 0.29) is 5.57 Å². The molecule has 0 heterocycles. The fourth-order valence-electron chi connectivity index (χ4n) is 0.892. The van der Waals surface area contributed by atoms with Crippen LogP contribution in [0.5, 0.6) is 0 Å². The summed E-state index contributed by atoms with van der Waals surface area (Å²) in [6.07, 6.45) is 1.20. The zero-order chi connectivity index (χ0) is 12.8. The lowest BCUT2D eigenvalue weighted by Gasteiger charge is -2.15. The van der Waals surface area contributed by atoms with Crippen molar-refractivity contribution >= 4 is 45.0 Å². The van der Waals surface area contributed by atoms with E-state index in [0.717, 1.165) is 4.53 Å². The minimum atomic E-state index is -0.0799. The Kier molecular flexibility index (Phi) is 5.11. The molecule has 7 heteroatoms. The first kappa shape index (κ1) is 13.7. The Morgan fingerprint density at radius 3 is 2.59 bits per heavy atom. The van der Waals surface area contributed by atoms with E-state index in [2.05, 4.69) is 21.4 Å². The monoisotopic (exact) mass is 330 g/mol. The summed E-state index contributed by atoms with van der Waals surface area (Å²) in [7, 11) is 0. The molecule has 17 heavy (non-hydrogen) atoms. The van der Waals surface area contributed by atoms with Crippen LogP contribution in [-0.2, 0) is 0 Å². The maximum atomic E-state index is 8.52. The Balaban J connectivity index is 2.81. The van der Waals surface area contributed by atoms with Gasteiger partial charge in [-0.15, -0.1) is 0 Å². The third kappa shape index (κ3) is 3.83. The van der Waals surface area contributed by atoms with Crippen LogP contribution in [0.2, 0.25) is 5.02 Å². The van der Waals surface area contributed by atoms with Gasteiger partial charge in [0.1, 0.15) is 17.7 Å². The Morgan fingerprint density at radius 2 is 2.06 bits per heavy atom. The van der Waals surface area contributed by atoms with Gasteiger partial charge in [0.15, 0.2) is 0 Å². The average molecular weight is 332 g/mol. The van der Waals surface area contributed by atoms with Gasteiger partial charge in [-0.1, -0.05) is 11.6 Å². The van der Waals surface area contributed by atoms with Crippen molar-refractivity contribution < 1.29 is 0 Å². The van der Waals surface area contributed by atoms with Crippen LogP contribution in [-0.4, -0.2) is 0 Å². The van der Waals surface area contributed by atoms with Crippen LogP contribution in [0.3, 0.4) is 0 Å². The van der Waals surface area contributed by atoms with Gasteiger partial charge in [-0.05, 0) is 34.1 Å². The van der Waals surface area contributed by atoms with E-state index in [9.17, 15) is 0 Å². The van der Waals surface area contributed by atoms with Gasteiger partial charge in [0.2, 0.25) is 0 Å². The van der Waals surface area contributed by atoms with Crippen molar-refractivity contribution in [1.29, 1.82) is 10.5 Å². The van der Waals surface area contributed by atoms with E-state index < -0.39 is 0 Å². The first-order chi connectivity index (χ1) is 8.08. The molecule has 0 bridgehead atoms. The number of nitrogens with zero attached hydrogens (tertiary/aromatic N) is 3. The van der Waals surface area contributed by atoms with Gasteiger partial charge in [-0.3, -0.25) is 5.43 Å². The molecule has 0 aliphatic heterocycles. The number of hydrogen-bond donors (Lipinski definition) is 1. The van der Waals surface area contributed by atoms with Gasteiger partial charge < -0.3 is 0 Å². The first-order valence-electron chi connectivity index (χ1n) is 4.26. The number of benzene rings is 1. The molecule has 0 atom stereocenters. The molecule has 0 saturated heterocycles. The lowest BCUT2D eigenvalue weighted by molar-refractivity contribution is 0.945. The van der Waals surface area contributed by atoms with Gasteiger partial charge in [0.05, 0.1) is 10.7 Å². The highest BCUT2D eigenvalue weighted by molar-refractivity contribution is 9.10. The number of nitriles is 2. The molecule has 0 aliphatic rings. The maximum absolute atomic E-state index is 8.52. The molecule has 0 fully saturated rings. The molecule has 0 amide bonds. The number of nitrogens with one attached hydrogen (secondary N) is 1. The van der Waals surface area contributed by atoms with E-state index in [1.54, 1.807) is 30.3 Å². The van der Waals surface area contributed by atoms with E-state index in [1.165, 1.54) is 6.20 Å². The normalized spacial score (nSPS) is 8.76. The fourth-order valence-corrected chi connectivity index (χ4v) is 1.53. The number of allylic oxidation sites excluding steroid dienone is 1. The Labute approximate surface area is 117 Å². The minimum Gasteiger partial charge on any atom is -0.289 e. The van der Waals surface area contributed by atoms with Crippen LogP contribution in [0.15, 0.2) is 34.4 Å². The SMILES string of the molecule is N#CC(C#N)=CNN(Cl)c1ccc(Cl)c(Br)c1. The summed E-state index contributed by atoms with van der Waals surface area (Å²) in [5.41, 5.74) is 3.10. The molecule has 1 rings (SSSR count). The topological polar surface area (TPSA) is 62.9 Å². The van der Waals surface area contributed by atoms with Crippen molar-refractivity contribution in [2.24, 2.45) is 0 Å². The van der Waals surface area contributed by atoms with Gasteiger partial charge in [-0.25, -0.2) is 0 Å². The first-order valence-corrected chi connectivity index (χ1v) is 5.77. The molecule has 0 unspecified atom stereocenters. The number of anilines is 1. The van der Waals surface area contributed by atoms with Crippen molar-refractivity contribution in [3.05, 3.63) is 39.5 Å². The van der Waals surface area contributed by atoms with Crippen molar-refractivity contribution in [2.45, 2.75) is 0 Å². The lowest BCUT2D eigenvalue weighted by atomic mass is 10.3. The largest absolute Gasteiger partial charge is 0.289 e.